The zero-order chi connectivity index (χ0) is 7.99. The molecule has 0 aromatic rings. The molecule has 5 heteroatoms. The number of carbonyl (C=O) groups is 1. The van der Waals surface area contributed by atoms with Crippen molar-refractivity contribution in [2.24, 2.45) is 0 Å². The minimum absolute atomic E-state index is 0.412. The minimum Gasteiger partial charge on any atom is -0.274 e. The zero-order valence-corrected chi connectivity index (χ0v) is 7.11. The highest BCUT2D eigenvalue weighted by molar-refractivity contribution is 8.42. The van der Waals surface area contributed by atoms with Crippen LogP contribution in [0.3, 0.4) is 0 Å². The molecular weight excluding hydrogens is 178 g/mol. The SMILES string of the molecule is CC1(F)SC(=O)SC1(C)F. The van der Waals surface area contributed by atoms with Crippen molar-refractivity contribution in [1.29, 1.82) is 0 Å². The molecule has 0 saturated carbocycles. The Balaban J connectivity index is 2.88. The molecule has 10 heavy (non-hydrogen) atoms. The van der Waals surface area contributed by atoms with Crippen LogP contribution in [-0.2, 0) is 0 Å². The van der Waals surface area contributed by atoms with Gasteiger partial charge in [0.1, 0.15) is 0 Å². The van der Waals surface area contributed by atoms with E-state index >= 15 is 0 Å². The summed E-state index contributed by atoms with van der Waals surface area (Å²) in [7, 11) is 0. The van der Waals surface area contributed by atoms with E-state index in [-0.39, 0.29) is 0 Å². The Morgan fingerprint density at radius 2 is 1.50 bits per heavy atom. The summed E-state index contributed by atoms with van der Waals surface area (Å²) < 4.78 is 25.5. The fourth-order valence-electron chi connectivity index (χ4n) is 0.516. The molecule has 2 atom stereocenters. The summed E-state index contributed by atoms with van der Waals surface area (Å²) in [5.41, 5.74) is 0. The maximum Gasteiger partial charge on any atom is 0.252 e. The first-order chi connectivity index (χ1) is 4.35. The van der Waals surface area contributed by atoms with Gasteiger partial charge in [0.15, 0.2) is 0 Å². The van der Waals surface area contributed by atoms with Crippen LogP contribution in [-0.4, -0.2) is 14.4 Å². The van der Waals surface area contributed by atoms with E-state index in [1.54, 1.807) is 0 Å². The van der Waals surface area contributed by atoms with Gasteiger partial charge in [-0.2, -0.15) is 0 Å². The van der Waals surface area contributed by atoms with E-state index < -0.39 is 14.4 Å². The number of alkyl halides is 2. The molecule has 0 amide bonds. The van der Waals surface area contributed by atoms with Crippen LogP contribution in [0.25, 0.3) is 0 Å². The largest absolute Gasteiger partial charge is 0.274 e. The van der Waals surface area contributed by atoms with Crippen molar-refractivity contribution in [3.8, 4) is 0 Å². The highest BCUT2D eigenvalue weighted by Gasteiger charge is 2.56. The fraction of sp³-hybridized carbons (Fsp3) is 0.800. The third kappa shape index (κ3) is 1.16. The quantitative estimate of drug-likeness (QED) is 0.576. The molecule has 1 nitrogen and oxygen atoms in total. The lowest BCUT2D eigenvalue weighted by Gasteiger charge is -2.21. The van der Waals surface area contributed by atoms with Crippen LogP contribution in [0.1, 0.15) is 13.8 Å². The van der Waals surface area contributed by atoms with Crippen molar-refractivity contribution in [2.45, 2.75) is 23.8 Å². The highest BCUT2D eigenvalue weighted by atomic mass is 32.2. The predicted octanol–water partition coefficient (Wildman–Crippen LogP) is 2.96. The van der Waals surface area contributed by atoms with Crippen LogP contribution in [0, 0.1) is 0 Å². The van der Waals surface area contributed by atoms with Gasteiger partial charge in [-0.25, -0.2) is 8.78 Å². The van der Waals surface area contributed by atoms with Crippen LogP contribution in [0.4, 0.5) is 13.6 Å². The second kappa shape index (κ2) is 2.11. The molecule has 1 aliphatic rings. The Morgan fingerprint density at radius 3 is 1.60 bits per heavy atom. The van der Waals surface area contributed by atoms with E-state index in [0.29, 0.717) is 23.5 Å². The van der Waals surface area contributed by atoms with Crippen LogP contribution in [0.5, 0.6) is 0 Å². The standard InChI is InChI=1S/C5H6F2OS2/c1-4(6)5(2,7)10-3(8)9-4/h1-2H3. The Labute approximate surface area is 65.9 Å². The average Bonchev–Trinajstić information content (AvgIpc) is 1.73. The van der Waals surface area contributed by atoms with E-state index in [9.17, 15) is 13.6 Å². The van der Waals surface area contributed by atoms with Crippen molar-refractivity contribution in [1.82, 2.24) is 0 Å². The summed E-state index contributed by atoms with van der Waals surface area (Å²) in [5, 5.41) is -4.15. The van der Waals surface area contributed by atoms with Gasteiger partial charge in [0.25, 0.3) is 4.45 Å². The molecule has 0 N–H and O–H groups in total. The van der Waals surface area contributed by atoms with Gasteiger partial charge in [-0.15, -0.1) is 0 Å². The first-order valence-electron chi connectivity index (χ1n) is 2.65. The molecule has 1 aliphatic heterocycles. The van der Waals surface area contributed by atoms with Crippen molar-refractivity contribution < 1.29 is 13.6 Å². The molecule has 1 heterocycles. The third-order valence-electron chi connectivity index (χ3n) is 1.35. The number of halogens is 2. The van der Waals surface area contributed by atoms with Crippen LogP contribution in [0.15, 0.2) is 0 Å². The highest BCUT2D eigenvalue weighted by Crippen LogP contribution is 2.56. The molecule has 0 bridgehead atoms. The second-order valence-electron chi connectivity index (χ2n) is 2.29. The lowest BCUT2D eigenvalue weighted by Crippen LogP contribution is -2.31. The van der Waals surface area contributed by atoms with E-state index in [2.05, 4.69) is 0 Å². The molecule has 1 saturated heterocycles. The topological polar surface area (TPSA) is 17.1 Å². The smallest absolute Gasteiger partial charge is 0.252 e. The van der Waals surface area contributed by atoms with E-state index in [1.165, 1.54) is 0 Å². The number of rotatable bonds is 0. The molecule has 0 radical (unpaired) electrons. The molecule has 0 spiro atoms. The first kappa shape index (κ1) is 8.33. The second-order valence-corrected chi connectivity index (χ2v) is 5.23. The van der Waals surface area contributed by atoms with E-state index in [4.69, 9.17) is 0 Å². The normalized spacial score (nSPS) is 48.2. The molecule has 2 unspecified atom stereocenters. The number of carbonyl (C=O) groups excluding carboxylic acids is 1. The van der Waals surface area contributed by atoms with Gasteiger partial charge in [-0.05, 0) is 37.4 Å². The van der Waals surface area contributed by atoms with E-state index in [1.807, 2.05) is 0 Å². The zero-order valence-electron chi connectivity index (χ0n) is 5.48. The van der Waals surface area contributed by atoms with Crippen molar-refractivity contribution >= 4 is 28.0 Å². The monoisotopic (exact) mass is 184 g/mol. The number of hydrogen-bond donors (Lipinski definition) is 0. The van der Waals surface area contributed by atoms with Gasteiger partial charge in [0, 0.05) is 0 Å². The van der Waals surface area contributed by atoms with Crippen LogP contribution in [0.2, 0.25) is 0 Å². The maximum atomic E-state index is 13.0. The van der Waals surface area contributed by atoms with Crippen LogP contribution < -0.4 is 0 Å². The van der Waals surface area contributed by atoms with Gasteiger partial charge < -0.3 is 0 Å². The molecule has 58 valence electrons. The van der Waals surface area contributed by atoms with Crippen molar-refractivity contribution in [3.05, 3.63) is 0 Å². The molecule has 0 aromatic heterocycles. The number of hydrogen-bond acceptors (Lipinski definition) is 3. The Bertz CT molecular complexity index is 160. The molecular formula is C5H6F2OS2. The lowest BCUT2D eigenvalue weighted by atomic mass is 10.3. The summed E-state index contributed by atoms with van der Waals surface area (Å²) >= 11 is 0.824. The summed E-state index contributed by atoms with van der Waals surface area (Å²) in [4.78, 5) is 10.5. The lowest BCUT2D eigenvalue weighted by molar-refractivity contribution is 0.141. The molecule has 0 aromatic carbocycles. The van der Waals surface area contributed by atoms with Crippen LogP contribution >= 0.6 is 23.5 Å². The predicted molar refractivity (Wildman–Crippen MR) is 39.6 cm³/mol. The van der Waals surface area contributed by atoms with Gasteiger partial charge in [-0.3, -0.25) is 4.79 Å². The third-order valence-corrected chi connectivity index (χ3v) is 3.84. The van der Waals surface area contributed by atoms with Gasteiger partial charge in [0.05, 0.1) is 0 Å². The summed E-state index contributed by atoms with van der Waals surface area (Å²) in [6.07, 6.45) is 0. The Morgan fingerprint density at radius 1 is 1.20 bits per heavy atom. The molecule has 1 fully saturated rings. The Hall–Kier alpha value is 0.230. The molecule has 0 aliphatic carbocycles. The summed E-state index contributed by atoms with van der Waals surface area (Å²) in [6, 6.07) is 0. The van der Waals surface area contributed by atoms with Gasteiger partial charge in [-0.1, -0.05) is 0 Å². The van der Waals surface area contributed by atoms with E-state index in [0.717, 1.165) is 13.8 Å². The minimum atomic E-state index is -2.07. The average molecular weight is 184 g/mol. The van der Waals surface area contributed by atoms with Gasteiger partial charge in [0.2, 0.25) is 10.0 Å². The van der Waals surface area contributed by atoms with Crippen molar-refractivity contribution in [3.63, 3.8) is 0 Å². The number of thioether (sulfide) groups is 2. The fourth-order valence-corrected chi connectivity index (χ4v) is 2.86. The summed E-state index contributed by atoms with van der Waals surface area (Å²) in [6.45, 7) is 2.16. The molecule has 1 rings (SSSR count). The first-order valence-corrected chi connectivity index (χ1v) is 4.28. The Kier molecular flexibility index (Phi) is 1.75. The summed E-state index contributed by atoms with van der Waals surface area (Å²) in [5.74, 6) is 0. The maximum absolute atomic E-state index is 13.0. The van der Waals surface area contributed by atoms with Gasteiger partial charge >= 0.3 is 0 Å². The van der Waals surface area contributed by atoms with Crippen molar-refractivity contribution in [2.75, 3.05) is 0 Å².